The summed E-state index contributed by atoms with van der Waals surface area (Å²) in [5.41, 5.74) is 0.896. The molecule has 0 aliphatic carbocycles. The lowest BCUT2D eigenvalue weighted by Crippen LogP contribution is -2.38. The van der Waals surface area contributed by atoms with Gasteiger partial charge in [-0.2, -0.15) is 0 Å². The van der Waals surface area contributed by atoms with E-state index in [1.165, 1.54) is 17.4 Å². The van der Waals surface area contributed by atoms with Crippen LogP contribution in [0.25, 0.3) is 10.2 Å². The van der Waals surface area contributed by atoms with Crippen molar-refractivity contribution in [1.29, 1.82) is 0 Å². The van der Waals surface area contributed by atoms with E-state index in [4.69, 9.17) is 0 Å². The lowest BCUT2D eigenvalue weighted by Gasteiger charge is -2.24. The maximum Gasteiger partial charge on any atom is 0.273 e. The lowest BCUT2D eigenvalue weighted by molar-refractivity contribution is 0.0987. The number of rotatable bonds is 7. The van der Waals surface area contributed by atoms with E-state index in [0.29, 0.717) is 34.3 Å². The molecule has 0 fully saturated rings. The molecule has 1 amide bonds. The van der Waals surface area contributed by atoms with E-state index >= 15 is 0 Å². The minimum atomic E-state index is -0.378. The Morgan fingerprint density at radius 2 is 1.96 bits per heavy atom. The first kappa shape index (κ1) is 21.6. The quantitative estimate of drug-likeness (QED) is 0.568. The topological polar surface area (TPSA) is 62.2 Å². The van der Waals surface area contributed by atoms with Crippen molar-refractivity contribution in [3.8, 4) is 0 Å². The first-order valence-corrected chi connectivity index (χ1v) is 10.0. The van der Waals surface area contributed by atoms with Crippen molar-refractivity contribution in [2.24, 2.45) is 0 Å². The van der Waals surface area contributed by atoms with Crippen LogP contribution in [0.15, 0.2) is 18.2 Å². The monoisotopic (exact) mass is 429 g/mol. The van der Waals surface area contributed by atoms with Crippen LogP contribution in [0, 0.1) is 12.7 Å². The fraction of sp³-hybridized carbons (Fsp3) is 0.412. The third-order valence-electron chi connectivity index (χ3n) is 4.21. The Hall–Kier alpha value is -1.68. The molecule has 0 spiro atoms. The largest absolute Gasteiger partial charge is 0.302 e. The summed E-state index contributed by atoms with van der Waals surface area (Å²) >= 11 is 2.39. The summed E-state index contributed by atoms with van der Waals surface area (Å²) < 4.78 is 18.6. The number of hydrogen-bond donors (Lipinski definition) is 0. The number of hydrogen-bond acceptors (Lipinski definition) is 7. The SMILES string of the molecule is CCN(CC)CCN(C(=O)c1snnc1C)c1nc2c(F)cccc2s1.Cl. The van der Waals surface area contributed by atoms with Gasteiger partial charge in [0.1, 0.15) is 16.2 Å². The molecule has 2 aromatic heterocycles. The number of carbonyl (C=O) groups excluding carboxylic acids is 1. The third kappa shape index (κ3) is 4.60. The van der Waals surface area contributed by atoms with Crippen molar-refractivity contribution in [3.05, 3.63) is 34.6 Å². The van der Waals surface area contributed by atoms with Gasteiger partial charge in [0.2, 0.25) is 0 Å². The van der Waals surface area contributed by atoms with Gasteiger partial charge in [-0.1, -0.05) is 35.7 Å². The molecular formula is C17H21ClFN5OS2. The van der Waals surface area contributed by atoms with Gasteiger partial charge in [-0.25, -0.2) is 9.37 Å². The third-order valence-corrected chi connectivity index (χ3v) is 6.07. The fourth-order valence-electron chi connectivity index (χ4n) is 2.63. The standard InChI is InChI=1S/C17H20FN5OS2.ClH/c1-4-22(5-2)9-10-23(16(24)15-11(3)20-21-26-15)17-19-14-12(18)7-6-8-13(14)25-17;/h6-8H,4-5,9-10H2,1-3H3;1H. The normalized spacial score (nSPS) is 11.0. The van der Waals surface area contributed by atoms with Gasteiger partial charge in [-0.05, 0) is 43.7 Å². The molecule has 0 saturated heterocycles. The molecular weight excluding hydrogens is 409 g/mol. The van der Waals surface area contributed by atoms with Gasteiger partial charge in [0, 0.05) is 13.1 Å². The van der Waals surface area contributed by atoms with E-state index in [9.17, 15) is 9.18 Å². The summed E-state index contributed by atoms with van der Waals surface area (Å²) in [7, 11) is 0. The Bertz CT molecular complexity index is 912. The second-order valence-corrected chi connectivity index (χ2v) is 7.52. The zero-order valence-corrected chi connectivity index (χ0v) is 17.8. The van der Waals surface area contributed by atoms with Crippen LogP contribution in [-0.2, 0) is 0 Å². The number of anilines is 1. The number of aryl methyl sites for hydroxylation is 1. The summed E-state index contributed by atoms with van der Waals surface area (Å²) in [6.07, 6.45) is 0. The van der Waals surface area contributed by atoms with Crippen molar-refractivity contribution >= 4 is 56.5 Å². The molecule has 1 aromatic carbocycles. The Balaban J connectivity index is 0.00000261. The molecule has 0 aliphatic rings. The van der Waals surface area contributed by atoms with Crippen molar-refractivity contribution in [2.45, 2.75) is 20.8 Å². The Morgan fingerprint density at radius 1 is 1.22 bits per heavy atom. The van der Waals surface area contributed by atoms with E-state index in [0.717, 1.165) is 29.3 Å². The van der Waals surface area contributed by atoms with E-state index in [1.807, 2.05) is 6.07 Å². The van der Waals surface area contributed by atoms with Crippen LogP contribution < -0.4 is 4.90 Å². The maximum absolute atomic E-state index is 14.0. The minimum Gasteiger partial charge on any atom is -0.302 e. The molecule has 0 N–H and O–H groups in total. The zero-order valence-electron chi connectivity index (χ0n) is 15.3. The molecule has 0 atom stereocenters. The number of amides is 1. The van der Waals surface area contributed by atoms with Gasteiger partial charge in [-0.3, -0.25) is 9.69 Å². The van der Waals surface area contributed by atoms with Crippen LogP contribution in [0.4, 0.5) is 9.52 Å². The molecule has 0 unspecified atom stereocenters. The Labute approximate surface area is 171 Å². The fourth-order valence-corrected chi connectivity index (χ4v) is 4.24. The maximum atomic E-state index is 14.0. The number of fused-ring (bicyclic) bond motifs is 1. The Morgan fingerprint density at radius 3 is 2.56 bits per heavy atom. The van der Waals surface area contributed by atoms with Gasteiger partial charge in [0.05, 0.1) is 10.4 Å². The number of aromatic nitrogens is 3. The average molecular weight is 430 g/mol. The number of benzene rings is 1. The molecule has 3 rings (SSSR count). The molecule has 0 aliphatic heterocycles. The van der Waals surface area contributed by atoms with E-state index in [-0.39, 0.29) is 24.1 Å². The molecule has 10 heteroatoms. The molecule has 3 aromatic rings. The predicted molar refractivity (Wildman–Crippen MR) is 111 cm³/mol. The first-order valence-electron chi connectivity index (χ1n) is 8.43. The lowest BCUT2D eigenvalue weighted by atomic mass is 10.3. The van der Waals surface area contributed by atoms with Gasteiger partial charge in [-0.15, -0.1) is 17.5 Å². The summed E-state index contributed by atoms with van der Waals surface area (Å²) in [6.45, 7) is 8.90. The van der Waals surface area contributed by atoms with Gasteiger partial charge < -0.3 is 4.90 Å². The second-order valence-electron chi connectivity index (χ2n) is 5.75. The van der Waals surface area contributed by atoms with E-state index < -0.39 is 0 Å². The predicted octanol–water partition coefficient (Wildman–Crippen LogP) is 4.01. The van der Waals surface area contributed by atoms with Crippen molar-refractivity contribution in [3.63, 3.8) is 0 Å². The summed E-state index contributed by atoms with van der Waals surface area (Å²) in [5.74, 6) is -0.569. The minimum absolute atomic E-state index is 0. The van der Waals surface area contributed by atoms with Gasteiger partial charge in [0.25, 0.3) is 5.91 Å². The van der Waals surface area contributed by atoms with Crippen LogP contribution in [-0.4, -0.2) is 51.6 Å². The number of para-hydroxylation sites is 1. The molecule has 6 nitrogen and oxygen atoms in total. The van der Waals surface area contributed by atoms with E-state index in [2.05, 4.69) is 33.3 Å². The average Bonchev–Trinajstić information content (AvgIpc) is 3.25. The van der Waals surface area contributed by atoms with Crippen molar-refractivity contribution in [1.82, 2.24) is 19.5 Å². The zero-order chi connectivity index (χ0) is 18.7. The number of halogens is 2. The highest BCUT2D eigenvalue weighted by Gasteiger charge is 2.25. The summed E-state index contributed by atoms with van der Waals surface area (Å²) in [4.78, 5) is 21.8. The summed E-state index contributed by atoms with van der Waals surface area (Å²) in [6, 6.07) is 4.84. The molecule has 146 valence electrons. The van der Waals surface area contributed by atoms with Crippen molar-refractivity contribution in [2.75, 3.05) is 31.1 Å². The molecule has 27 heavy (non-hydrogen) atoms. The van der Waals surface area contributed by atoms with Crippen LogP contribution in [0.5, 0.6) is 0 Å². The highest BCUT2D eigenvalue weighted by molar-refractivity contribution is 7.22. The Kier molecular flexibility index (Phi) is 7.60. The highest BCUT2D eigenvalue weighted by atomic mass is 35.5. The number of carbonyl (C=O) groups is 1. The number of nitrogens with zero attached hydrogens (tertiary/aromatic N) is 5. The van der Waals surface area contributed by atoms with Crippen LogP contribution in [0.1, 0.15) is 29.2 Å². The van der Waals surface area contributed by atoms with Gasteiger partial charge in [0.15, 0.2) is 5.13 Å². The second kappa shape index (κ2) is 9.50. The first-order chi connectivity index (χ1) is 12.5. The number of likely N-dealkylation sites (N-methyl/N-ethyl adjacent to an activating group) is 1. The van der Waals surface area contributed by atoms with E-state index in [1.54, 1.807) is 17.9 Å². The van der Waals surface area contributed by atoms with Gasteiger partial charge >= 0.3 is 0 Å². The smallest absolute Gasteiger partial charge is 0.273 e. The molecule has 0 bridgehead atoms. The summed E-state index contributed by atoms with van der Waals surface area (Å²) in [5, 5.41) is 4.43. The number of thiazole rings is 1. The van der Waals surface area contributed by atoms with Crippen molar-refractivity contribution < 1.29 is 9.18 Å². The van der Waals surface area contributed by atoms with Crippen LogP contribution >= 0.6 is 35.3 Å². The molecule has 0 radical (unpaired) electrons. The molecule has 2 heterocycles. The van der Waals surface area contributed by atoms with Crippen LogP contribution in [0.3, 0.4) is 0 Å². The van der Waals surface area contributed by atoms with Crippen LogP contribution in [0.2, 0.25) is 0 Å². The molecule has 0 saturated carbocycles. The highest BCUT2D eigenvalue weighted by Crippen LogP contribution is 2.31.